The molecule has 20 heavy (non-hydrogen) atoms. The van der Waals surface area contributed by atoms with E-state index in [1.807, 2.05) is 4.90 Å². The Balaban J connectivity index is 2.49. The minimum Gasteiger partial charge on any atom is -0.480 e. The second-order valence-corrected chi connectivity index (χ2v) is 5.99. The molecular weight excluding hydrogens is 262 g/mol. The predicted octanol–water partition coefficient (Wildman–Crippen LogP) is -0.100. The van der Waals surface area contributed by atoms with Crippen molar-refractivity contribution in [3.63, 3.8) is 0 Å². The summed E-state index contributed by atoms with van der Waals surface area (Å²) in [5, 5.41) is 18.7. The zero-order valence-corrected chi connectivity index (χ0v) is 12.7. The van der Waals surface area contributed by atoms with Crippen LogP contribution in [0.3, 0.4) is 0 Å². The van der Waals surface area contributed by atoms with Crippen LogP contribution >= 0.6 is 0 Å². The monoisotopic (exact) mass is 287 g/mol. The Morgan fingerprint density at radius 1 is 1.25 bits per heavy atom. The van der Waals surface area contributed by atoms with Crippen molar-refractivity contribution < 1.29 is 19.8 Å². The third-order valence-corrected chi connectivity index (χ3v) is 3.44. The molecule has 1 unspecified atom stereocenters. The smallest absolute Gasteiger partial charge is 0.320 e. The molecule has 0 radical (unpaired) electrons. The average Bonchev–Trinajstić information content (AvgIpc) is 2.35. The number of carbonyl (C=O) groups is 2. The number of aliphatic carboxylic acids is 1. The van der Waals surface area contributed by atoms with E-state index in [9.17, 15) is 14.7 Å². The highest BCUT2D eigenvalue weighted by molar-refractivity contribution is 5.75. The van der Waals surface area contributed by atoms with Crippen LogP contribution in [0.2, 0.25) is 0 Å². The van der Waals surface area contributed by atoms with Crippen molar-refractivity contribution in [2.75, 3.05) is 39.8 Å². The van der Waals surface area contributed by atoms with Crippen molar-refractivity contribution >= 4 is 12.0 Å². The summed E-state index contributed by atoms with van der Waals surface area (Å²) in [6.45, 7) is 7.34. The van der Waals surface area contributed by atoms with Crippen molar-refractivity contribution in [3.05, 3.63) is 0 Å². The second kappa shape index (κ2) is 6.41. The summed E-state index contributed by atoms with van der Waals surface area (Å²) >= 11 is 0. The quantitative estimate of drug-likeness (QED) is 0.754. The van der Waals surface area contributed by atoms with E-state index in [0.29, 0.717) is 26.2 Å². The molecule has 1 aliphatic rings. The first-order chi connectivity index (χ1) is 9.11. The number of piperazine rings is 1. The van der Waals surface area contributed by atoms with Crippen LogP contribution in [-0.2, 0) is 4.79 Å². The van der Waals surface area contributed by atoms with E-state index >= 15 is 0 Å². The molecule has 0 spiro atoms. The van der Waals surface area contributed by atoms with Gasteiger partial charge in [-0.05, 0) is 20.8 Å². The summed E-state index contributed by atoms with van der Waals surface area (Å²) in [5.41, 5.74) is -0.927. The Hall–Kier alpha value is -1.34. The molecule has 1 rings (SSSR count). The summed E-state index contributed by atoms with van der Waals surface area (Å²) in [6.07, 6.45) is 0. The largest absolute Gasteiger partial charge is 0.480 e. The number of urea groups is 1. The number of amides is 2. The van der Waals surface area contributed by atoms with Crippen LogP contribution < -0.4 is 0 Å². The van der Waals surface area contributed by atoms with Gasteiger partial charge in [0.1, 0.15) is 6.04 Å². The van der Waals surface area contributed by atoms with E-state index in [4.69, 9.17) is 5.11 Å². The molecule has 1 aliphatic heterocycles. The number of carboxylic acid groups (broad SMARTS) is 1. The number of nitrogens with zero attached hydrogens (tertiary/aromatic N) is 3. The number of hydrogen-bond donors (Lipinski definition) is 2. The summed E-state index contributed by atoms with van der Waals surface area (Å²) < 4.78 is 0. The van der Waals surface area contributed by atoms with Gasteiger partial charge in [-0.2, -0.15) is 0 Å². The molecule has 0 aromatic carbocycles. The zero-order chi connectivity index (χ0) is 15.5. The molecule has 0 saturated carbocycles. The van der Waals surface area contributed by atoms with Crippen LogP contribution in [0.4, 0.5) is 4.79 Å². The highest BCUT2D eigenvalue weighted by Crippen LogP contribution is 2.10. The number of aliphatic hydroxyl groups is 1. The molecular formula is C13H25N3O4. The van der Waals surface area contributed by atoms with Gasteiger partial charge in [0.15, 0.2) is 0 Å². The minimum absolute atomic E-state index is 0.130. The SMILES string of the molecule is CC(C(=O)O)N1CCN(C(=O)N(C)CC(C)(C)O)CC1. The van der Waals surface area contributed by atoms with Gasteiger partial charge in [0.25, 0.3) is 0 Å². The van der Waals surface area contributed by atoms with Gasteiger partial charge in [-0.1, -0.05) is 0 Å². The number of rotatable bonds is 4. The lowest BCUT2D eigenvalue weighted by molar-refractivity contribution is -0.143. The number of carbonyl (C=O) groups excluding carboxylic acids is 1. The third kappa shape index (κ3) is 4.64. The maximum absolute atomic E-state index is 12.2. The molecule has 0 aromatic heterocycles. The fourth-order valence-corrected chi connectivity index (χ4v) is 2.35. The molecule has 0 aliphatic carbocycles. The van der Waals surface area contributed by atoms with E-state index in [0.717, 1.165) is 0 Å². The van der Waals surface area contributed by atoms with Gasteiger partial charge >= 0.3 is 12.0 Å². The standard InChI is InChI=1S/C13H25N3O4/c1-10(11(17)18)15-5-7-16(8-6-15)12(19)14(4)9-13(2,3)20/h10,20H,5-9H2,1-4H3,(H,17,18). The van der Waals surface area contributed by atoms with Gasteiger partial charge in [0.05, 0.1) is 12.1 Å². The van der Waals surface area contributed by atoms with Crippen LogP contribution in [-0.4, -0.2) is 88.3 Å². The lowest BCUT2D eigenvalue weighted by atomic mass is 10.1. The predicted molar refractivity (Wildman–Crippen MR) is 74.6 cm³/mol. The van der Waals surface area contributed by atoms with Crippen molar-refractivity contribution in [2.24, 2.45) is 0 Å². The Kier molecular flexibility index (Phi) is 5.35. The number of carboxylic acids is 1. The molecule has 0 bridgehead atoms. The second-order valence-electron chi connectivity index (χ2n) is 5.99. The summed E-state index contributed by atoms with van der Waals surface area (Å²) in [7, 11) is 1.66. The maximum Gasteiger partial charge on any atom is 0.320 e. The van der Waals surface area contributed by atoms with Crippen molar-refractivity contribution in [1.82, 2.24) is 14.7 Å². The highest BCUT2D eigenvalue weighted by atomic mass is 16.4. The first-order valence-electron chi connectivity index (χ1n) is 6.81. The number of hydrogen-bond acceptors (Lipinski definition) is 4. The van der Waals surface area contributed by atoms with Crippen molar-refractivity contribution in [1.29, 1.82) is 0 Å². The van der Waals surface area contributed by atoms with E-state index in [-0.39, 0.29) is 12.6 Å². The van der Waals surface area contributed by atoms with Crippen LogP contribution in [0.5, 0.6) is 0 Å². The van der Waals surface area contributed by atoms with E-state index in [1.165, 1.54) is 4.90 Å². The van der Waals surface area contributed by atoms with Gasteiger partial charge in [0.2, 0.25) is 0 Å². The lowest BCUT2D eigenvalue weighted by Crippen LogP contribution is -2.56. The van der Waals surface area contributed by atoms with E-state index in [1.54, 1.807) is 32.7 Å². The molecule has 1 heterocycles. The van der Waals surface area contributed by atoms with Gasteiger partial charge in [-0.3, -0.25) is 9.69 Å². The summed E-state index contributed by atoms with van der Waals surface area (Å²) in [5.74, 6) is -0.844. The molecule has 2 N–H and O–H groups in total. The maximum atomic E-state index is 12.2. The summed E-state index contributed by atoms with van der Waals surface area (Å²) in [6, 6.07) is -0.656. The van der Waals surface area contributed by atoms with Crippen molar-refractivity contribution in [3.8, 4) is 0 Å². The molecule has 7 nitrogen and oxygen atoms in total. The third-order valence-electron chi connectivity index (χ3n) is 3.44. The normalized spacial score (nSPS) is 18.8. The minimum atomic E-state index is -0.927. The van der Waals surface area contributed by atoms with E-state index in [2.05, 4.69) is 0 Å². The first kappa shape index (κ1) is 16.7. The fraction of sp³-hybridized carbons (Fsp3) is 0.846. The summed E-state index contributed by atoms with van der Waals surface area (Å²) in [4.78, 5) is 28.1. The van der Waals surface area contributed by atoms with Gasteiger partial charge in [-0.25, -0.2) is 4.79 Å². The molecule has 1 atom stereocenters. The van der Waals surface area contributed by atoms with Gasteiger partial charge in [-0.15, -0.1) is 0 Å². The lowest BCUT2D eigenvalue weighted by Gasteiger charge is -2.38. The Morgan fingerprint density at radius 2 is 1.75 bits per heavy atom. The van der Waals surface area contributed by atoms with E-state index < -0.39 is 17.6 Å². The fourth-order valence-electron chi connectivity index (χ4n) is 2.35. The number of likely N-dealkylation sites (N-methyl/N-ethyl adjacent to an activating group) is 1. The zero-order valence-electron chi connectivity index (χ0n) is 12.7. The van der Waals surface area contributed by atoms with Crippen LogP contribution in [0.25, 0.3) is 0 Å². The van der Waals surface area contributed by atoms with Gasteiger partial charge < -0.3 is 20.0 Å². The van der Waals surface area contributed by atoms with Crippen molar-refractivity contribution in [2.45, 2.75) is 32.4 Å². The highest BCUT2D eigenvalue weighted by Gasteiger charge is 2.29. The van der Waals surface area contributed by atoms with Gasteiger partial charge in [0, 0.05) is 33.2 Å². The molecule has 1 saturated heterocycles. The molecule has 0 aromatic rings. The average molecular weight is 287 g/mol. The van der Waals surface area contributed by atoms with Crippen LogP contribution in [0, 0.1) is 0 Å². The van der Waals surface area contributed by atoms with Crippen LogP contribution in [0.1, 0.15) is 20.8 Å². The Labute approximate surface area is 119 Å². The molecule has 1 fully saturated rings. The first-order valence-corrected chi connectivity index (χ1v) is 6.81. The molecule has 116 valence electrons. The van der Waals surface area contributed by atoms with Crippen LogP contribution in [0.15, 0.2) is 0 Å². The Bertz CT molecular complexity index is 359. The Morgan fingerprint density at radius 3 is 2.15 bits per heavy atom. The molecule has 2 amide bonds. The topological polar surface area (TPSA) is 84.3 Å². The molecule has 7 heteroatoms.